The van der Waals surface area contributed by atoms with Gasteiger partial charge in [-0.15, -0.1) is 11.3 Å². The van der Waals surface area contributed by atoms with E-state index in [-0.39, 0.29) is 17.8 Å². The molecule has 0 bridgehead atoms. The number of nitrogens with zero attached hydrogens (tertiary/aromatic N) is 1. The summed E-state index contributed by atoms with van der Waals surface area (Å²) in [4.78, 5) is 36.3. The summed E-state index contributed by atoms with van der Waals surface area (Å²) < 4.78 is 10.9. The molecular formula is C33H40N2O5S. The average molecular weight is 577 g/mol. The number of aromatic nitrogens is 1. The van der Waals surface area contributed by atoms with Crippen LogP contribution in [0.25, 0.3) is 6.08 Å². The standard InChI is InChI=1S/C27H30N2O3S.C6H10O2/c1-4-31-27(30)20(3)14-19(2)15-23-18-33-26(29-23)25(28)16-21-10-12-24(13-11-21)32-17-22-8-6-5-7-9-22;1-2-3-4-6(8)5-7/h5-15,18,25H,4,16-17,28H2,1-3H3;5H,2-4H2,1H3/b19-15+,20-14-;. The number of carbonyl (C=O) groups is 3. The van der Waals surface area contributed by atoms with Gasteiger partial charge in [0, 0.05) is 17.4 Å². The third-order valence-electron chi connectivity index (χ3n) is 5.81. The number of nitrogens with two attached hydrogens (primary N) is 1. The second-order valence-electron chi connectivity index (χ2n) is 9.46. The van der Waals surface area contributed by atoms with Crippen molar-refractivity contribution in [2.45, 2.75) is 66.0 Å². The Labute approximate surface area is 247 Å². The van der Waals surface area contributed by atoms with E-state index in [9.17, 15) is 14.4 Å². The highest BCUT2D eigenvalue weighted by atomic mass is 32.1. The number of benzene rings is 2. The largest absolute Gasteiger partial charge is 0.489 e. The molecule has 1 atom stereocenters. The highest BCUT2D eigenvalue weighted by molar-refractivity contribution is 7.09. The van der Waals surface area contributed by atoms with Crippen LogP contribution in [0, 0.1) is 0 Å². The molecule has 0 amide bonds. The molecule has 0 aliphatic heterocycles. The minimum Gasteiger partial charge on any atom is -0.489 e. The molecule has 7 nitrogen and oxygen atoms in total. The maximum Gasteiger partial charge on any atom is 0.333 e. The molecule has 3 rings (SSSR count). The molecule has 0 saturated heterocycles. The van der Waals surface area contributed by atoms with Crippen LogP contribution in [0.15, 0.2) is 77.2 Å². The van der Waals surface area contributed by atoms with E-state index >= 15 is 0 Å². The molecule has 0 spiro atoms. The van der Waals surface area contributed by atoms with Gasteiger partial charge in [-0.1, -0.05) is 55.8 Å². The Kier molecular flexibility index (Phi) is 15.0. The number of hydrogen-bond acceptors (Lipinski definition) is 8. The number of esters is 1. The van der Waals surface area contributed by atoms with Crippen molar-refractivity contribution >= 4 is 35.5 Å². The summed E-state index contributed by atoms with van der Waals surface area (Å²) in [5, 5.41) is 2.86. The van der Waals surface area contributed by atoms with Gasteiger partial charge >= 0.3 is 5.97 Å². The van der Waals surface area contributed by atoms with E-state index in [2.05, 4.69) is 4.98 Å². The number of allylic oxidation sites excluding steroid dienone is 2. The van der Waals surface area contributed by atoms with Crippen molar-refractivity contribution in [1.29, 1.82) is 0 Å². The quantitative estimate of drug-likeness (QED) is 0.0737. The van der Waals surface area contributed by atoms with Crippen molar-refractivity contribution < 1.29 is 23.9 Å². The van der Waals surface area contributed by atoms with Gasteiger partial charge in [-0.3, -0.25) is 9.59 Å². The van der Waals surface area contributed by atoms with Crippen molar-refractivity contribution in [2.24, 2.45) is 5.73 Å². The summed E-state index contributed by atoms with van der Waals surface area (Å²) in [5.74, 6) is 0.245. The van der Waals surface area contributed by atoms with E-state index in [1.807, 2.05) is 79.9 Å². The molecular weight excluding hydrogens is 536 g/mol. The van der Waals surface area contributed by atoms with Gasteiger partial charge in [-0.25, -0.2) is 9.78 Å². The van der Waals surface area contributed by atoms with Gasteiger partial charge in [0.2, 0.25) is 0 Å². The number of ether oxygens (including phenoxy) is 2. The number of ketones is 1. The number of Topliss-reactive ketones (excluding diaryl/α,β-unsaturated/α-hetero) is 1. The van der Waals surface area contributed by atoms with Gasteiger partial charge in [-0.05, 0) is 74.6 Å². The highest BCUT2D eigenvalue weighted by Gasteiger charge is 2.12. The van der Waals surface area contributed by atoms with Crippen LogP contribution in [0.5, 0.6) is 5.75 Å². The molecule has 1 heterocycles. The van der Waals surface area contributed by atoms with E-state index < -0.39 is 0 Å². The summed E-state index contributed by atoms with van der Waals surface area (Å²) >= 11 is 1.54. The number of rotatable bonds is 14. The number of carbonyl (C=O) groups excluding carboxylic acids is 3. The lowest BCUT2D eigenvalue weighted by atomic mass is 10.1. The Hall–Kier alpha value is -3.88. The number of hydrogen-bond donors (Lipinski definition) is 1. The molecule has 0 fully saturated rings. The van der Waals surface area contributed by atoms with Crippen LogP contribution < -0.4 is 10.5 Å². The smallest absolute Gasteiger partial charge is 0.333 e. The molecule has 41 heavy (non-hydrogen) atoms. The minimum atomic E-state index is -0.303. The first-order chi connectivity index (χ1) is 19.7. The first-order valence-corrected chi connectivity index (χ1v) is 14.6. The number of aldehydes is 1. The SMILES string of the molecule is CCCCC(=O)C=O.CCOC(=O)/C(C)=C\C(C)=C\c1csc(C(N)Cc2ccc(OCc3ccccc3)cc2)n1. The Morgan fingerprint density at radius 3 is 2.37 bits per heavy atom. The van der Waals surface area contributed by atoms with Crippen LogP contribution in [0.4, 0.5) is 0 Å². The van der Waals surface area contributed by atoms with E-state index in [1.165, 1.54) is 0 Å². The van der Waals surface area contributed by atoms with Gasteiger partial charge in [0.15, 0.2) is 12.1 Å². The van der Waals surface area contributed by atoms with Crippen LogP contribution in [0.2, 0.25) is 0 Å². The fourth-order valence-corrected chi connectivity index (χ4v) is 4.45. The lowest BCUT2D eigenvalue weighted by Gasteiger charge is -2.10. The van der Waals surface area contributed by atoms with Crippen LogP contribution >= 0.6 is 11.3 Å². The van der Waals surface area contributed by atoms with E-state index in [1.54, 1.807) is 31.3 Å². The normalized spacial score (nSPS) is 12.1. The van der Waals surface area contributed by atoms with Crippen molar-refractivity contribution in [2.75, 3.05) is 6.61 Å². The van der Waals surface area contributed by atoms with Gasteiger partial charge in [0.05, 0.1) is 18.3 Å². The van der Waals surface area contributed by atoms with E-state index in [4.69, 9.17) is 15.2 Å². The maximum absolute atomic E-state index is 11.8. The molecule has 0 aliphatic rings. The predicted molar refractivity (Wildman–Crippen MR) is 165 cm³/mol. The molecule has 2 aromatic carbocycles. The highest BCUT2D eigenvalue weighted by Crippen LogP contribution is 2.23. The van der Waals surface area contributed by atoms with Crippen molar-refractivity contribution in [3.63, 3.8) is 0 Å². The van der Waals surface area contributed by atoms with Crippen molar-refractivity contribution in [3.8, 4) is 5.75 Å². The van der Waals surface area contributed by atoms with E-state index in [0.717, 1.165) is 46.0 Å². The fourth-order valence-electron chi connectivity index (χ4n) is 3.67. The molecule has 0 radical (unpaired) electrons. The van der Waals surface area contributed by atoms with Crippen LogP contribution in [-0.2, 0) is 32.1 Å². The molecule has 2 N–H and O–H groups in total. The zero-order chi connectivity index (χ0) is 30.0. The van der Waals surface area contributed by atoms with Gasteiger partial charge in [-0.2, -0.15) is 0 Å². The van der Waals surface area contributed by atoms with Crippen LogP contribution in [0.1, 0.15) is 74.8 Å². The third kappa shape index (κ3) is 12.9. The molecule has 1 aromatic heterocycles. The first kappa shape index (κ1) is 33.3. The van der Waals surface area contributed by atoms with Gasteiger partial charge in [0.25, 0.3) is 0 Å². The molecule has 1 unspecified atom stereocenters. The lowest BCUT2D eigenvalue weighted by Crippen LogP contribution is -2.13. The van der Waals surface area contributed by atoms with Crippen molar-refractivity contribution in [3.05, 3.63) is 99.0 Å². The average Bonchev–Trinajstić information content (AvgIpc) is 3.45. The molecule has 0 saturated carbocycles. The molecule has 8 heteroatoms. The summed E-state index contributed by atoms with van der Waals surface area (Å²) in [6.45, 7) is 8.37. The van der Waals surface area contributed by atoms with Crippen LogP contribution in [-0.4, -0.2) is 29.6 Å². The second-order valence-corrected chi connectivity index (χ2v) is 10.4. The van der Waals surface area contributed by atoms with Crippen molar-refractivity contribution in [1.82, 2.24) is 4.98 Å². The zero-order valence-electron chi connectivity index (χ0n) is 24.3. The second kappa shape index (κ2) is 18.5. The lowest BCUT2D eigenvalue weighted by molar-refractivity contribution is -0.138. The van der Waals surface area contributed by atoms with Gasteiger partial charge < -0.3 is 15.2 Å². The van der Waals surface area contributed by atoms with Crippen LogP contribution in [0.3, 0.4) is 0 Å². The molecule has 218 valence electrons. The zero-order valence-corrected chi connectivity index (χ0v) is 25.1. The maximum atomic E-state index is 11.8. The number of thiazole rings is 1. The molecule has 0 aliphatic carbocycles. The Morgan fingerprint density at radius 2 is 1.73 bits per heavy atom. The summed E-state index contributed by atoms with van der Waals surface area (Å²) in [6.07, 6.45) is 7.04. The Bertz CT molecular complexity index is 1300. The number of unbranched alkanes of at least 4 members (excludes halogenated alkanes) is 1. The van der Waals surface area contributed by atoms with E-state index in [0.29, 0.717) is 37.9 Å². The summed E-state index contributed by atoms with van der Waals surface area (Å²) in [5.41, 5.74) is 11.0. The topological polar surface area (TPSA) is 109 Å². The minimum absolute atomic E-state index is 0.189. The monoisotopic (exact) mass is 576 g/mol. The predicted octanol–water partition coefficient (Wildman–Crippen LogP) is 6.82. The summed E-state index contributed by atoms with van der Waals surface area (Å²) in [6, 6.07) is 17.9. The fraction of sp³-hybridized carbons (Fsp3) is 0.333. The van der Waals surface area contributed by atoms with Gasteiger partial charge in [0.1, 0.15) is 17.4 Å². The first-order valence-electron chi connectivity index (χ1n) is 13.7. The molecule has 3 aromatic rings. The third-order valence-corrected chi connectivity index (χ3v) is 6.80. The Morgan fingerprint density at radius 1 is 1.02 bits per heavy atom. The summed E-state index contributed by atoms with van der Waals surface area (Å²) in [7, 11) is 0. The Balaban J connectivity index is 0.000000642.